The minimum absolute atomic E-state index is 0.903. The molecule has 0 amide bonds. The number of rotatable bonds is 5. The fourth-order valence-electron chi connectivity index (χ4n) is 1.32. The predicted octanol–water partition coefficient (Wildman–Crippen LogP) is 3.15. The van der Waals surface area contributed by atoms with Crippen LogP contribution in [0.15, 0.2) is 41.1 Å². The highest BCUT2D eigenvalue weighted by molar-refractivity contribution is 7.97. The number of nitrogens with one attached hydrogen (secondary N) is 1. The van der Waals surface area contributed by atoms with Crippen LogP contribution in [0, 0.1) is 0 Å². The molecule has 0 fully saturated rings. The maximum absolute atomic E-state index is 5.26. The van der Waals surface area contributed by atoms with Gasteiger partial charge in [-0.1, -0.05) is 6.07 Å². The molecule has 4 heteroatoms. The Morgan fingerprint density at radius 1 is 1.31 bits per heavy atom. The number of pyridine rings is 1. The molecule has 0 saturated heterocycles. The van der Waals surface area contributed by atoms with Crippen molar-refractivity contribution >= 4 is 17.6 Å². The number of nitrogens with zero attached hydrogens (tertiary/aromatic N) is 1. The van der Waals surface area contributed by atoms with Crippen molar-refractivity contribution in [3.63, 3.8) is 0 Å². The maximum atomic E-state index is 5.26. The van der Waals surface area contributed by atoms with Crippen LogP contribution in [0.2, 0.25) is 0 Å². The second kappa shape index (κ2) is 5.61. The molecule has 0 unspecified atom stereocenters. The Morgan fingerprint density at radius 3 is 2.88 bits per heavy atom. The highest BCUT2D eigenvalue weighted by atomic mass is 32.2. The Hall–Kier alpha value is -1.42. The molecule has 0 atom stereocenters. The van der Waals surface area contributed by atoms with Crippen molar-refractivity contribution < 1.29 is 4.42 Å². The standard InChI is InChI=1S/C12H14N2OS/c1-13-12-5-4-10(7-14-12)8-16-9-11-3-2-6-15-11/h2-7H,8-9H2,1H3,(H,13,14). The molecule has 0 bridgehead atoms. The highest BCUT2D eigenvalue weighted by Gasteiger charge is 1.98. The van der Waals surface area contributed by atoms with E-state index in [-0.39, 0.29) is 0 Å². The van der Waals surface area contributed by atoms with E-state index in [0.29, 0.717) is 0 Å². The topological polar surface area (TPSA) is 38.1 Å². The lowest BCUT2D eigenvalue weighted by atomic mass is 10.3. The van der Waals surface area contributed by atoms with Crippen LogP contribution in [0.5, 0.6) is 0 Å². The molecule has 0 aliphatic rings. The molecule has 1 N–H and O–H groups in total. The van der Waals surface area contributed by atoms with Gasteiger partial charge in [-0.25, -0.2) is 4.98 Å². The van der Waals surface area contributed by atoms with Crippen molar-refractivity contribution in [3.05, 3.63) is 48.0 Å². The van der Waals surface area contributed by atoms with Crippen molar-refractivity contribution in [2.75, 3.05) is 12.4 Å². The molecule has 16 heavy (non-hydrogen) atoms. The molecule has 0 spiro atoms. The third-order valence-corrected chi connectivity index (χ3v) is 3.20. The van der Waals surface area contributed by atoms with Crippen LogP contribution < -0.4 is 5.32 Å². The van der Waals surface area contributed by atoms with Crippen LogP contribution in [0.25, 0.3) is 0 Å². The summed E-state index contributed by atoms with van der Waals surface area (Å²) in [6.45, 7) is 0. The first kappa shape index (κ1) is 11.1. The van der Waals surface area contributed by atoms with Crippen molar-refractivity contribution in [2.24, 2.45) is 0 Å². The summed E-state index contributed by atoms with van der Waals surface area (Å²) in [7, 11) is 1.87. The molecular formula is C12H14N2OS. The van der Waals surface area contributed by atoms with E-state index in [0.717, 1.165) is 23.1 Å². The van der Waals surface area contributed by atoms with E-state index in [1.165, 1.54) is 5.56 Å². The van der Waals surface area contributed by atoms with Crippen LogP contribution in [-0.2, 0) is 11.5 Å². The molecule has 84 valence electrons. The Kier molecular flexibility index (Phi) is 3.88. The molecule has 0 radical (unpaired) electrons. The normalized spacial score (nSPS) is 10.3. The first-order valence-corrected chi connectivity index (χ1v) is 6.27. The molecule has 2 aromatic rings. The predicted molar refractivity (Wildman–Crippen MR) is 67.5 cm³/mol. The van der Waals surface area contributed by atoms with Gasteiger partial charge in [0.15, 0.2) is 0 Å². The lowest BCUT2D eigenvalue weighted by Crippen LogP contribution is -1.92. The van der Waals surface area contributed by atoms with Gasteiger partial charge in [-0.3, -0.25) is 0 Å². The fourth-order valence-corrected chi connectivity index (χ4v) is 2.20. The largest absolute Gasteiger partial charge is 0.468 e. The van der Waals surface area contributed by atoms with E-state index in [9.17, 15) is 0 Å². The summed E-state index contributed by atoms with van der Waals surface area (Å²) in [6, 6.07) is 7.99. The number of aromatic nitrogens is 1. The average Bonchev–Trinajstić information content (AvgIpc) is 2.83. The van der Waals surface area contributed by atoms with Gasteiger partial charge in [-0.05, 0) is 23.8 Å². The van der Waals surface area contributed by atoms with Gasteiger partial charge in [0.25, 0.3) is 0 Å². The van der Waals surface area contributed by atoms with Crippen molar-refractivity contribution in [2.45, 2.75) is 11.5 Å². The molecule has 0 aliphatic carbocycles. The van der Waals surface area contributed by atoms with E-state index in [1.54, 1.807) is 6.26 Å². The minimum atomic E-state index is 0.903. The molecule has 0 aromatic carbocycles. The lowest BCUT2D eigenvalue weighted by Gasteiger charge is -2.02. The van der Waals surface area contributed by atoms with Crippen LogP contribution >= 0.6 is 11.8 Å². The lowest BCUT2D eigenvalue weighted by molar-refractivity contribution is 0.530. The second-order valence-electron chi connectivity index (χ2n) is 3.37. The quantitative estimate of drug-likeness (QED) is 0.862. The first-order chi connectivity index (χ1) is 7.88. The van der Waals surface area contributed by atoms with Crippen molar-refractivity contribution in [1.82, 2.24) is 4.98 Å². The first-order valence-electron chi connectivity index (χ1n) is 5.11. The van der Waals surface area contributed by atoms with E-state index in [2.05, 4.69) is 16.4 Å². The third-order valence-electron chi connectivity index (χ3n) is 2.17. The Labute approximate surface area is 99.3 Å². The third kappa shape index (κ3) is 3.03. The summed E-state index contributed by atoms with van der Waals surface area (Å²) in [5.41, 5.74) is 1.23. The zero-order valence-electron chi connectivity index (χ0n) is 9.14. The number of furan rings is 1. The van der Waals surface area contributed by atoms with Crippen LogP contribution in [0.4, 0.5) is 5.82 Å². The van der Waals surface area contributed by atoms with Gasteiger partial charge in [-0.2, -0.15) is 0 Å². The fraction of sp³-hybridized carbons (Fsp3) is 0.250. The van der Waals surface area contributed by atoms with Gasteiger partial charge >= 0.3 is 0 Å². The summed E-state index contributed by atoms with van der Waals surface area (Å²) in [4.78, 5) is 4.26. The van der Waals surface area contributed by atoms with Crippen molar-refractivity contribution in [3.8, 4) is 0 Å². The molecule has 0 aliphatic heterocycles. The van der Waals surface area contributed by atoms with Gasteiger partial charge in [0, 0.05) is 19.0 Å². The summed E-state index contributed by atoms with van der Waals surface area (Å²) in [5.74, 6) is 3.78. The Morgan fingerprint density at radius 2 is 2.25 bits per heavy atom. The van der Waals surface area contributed by atoms with Gasteiger partial charge in [0.1, 0.15) is 11.6 Å². The van der Waals surface area contributed by atoms with Gasteiger partial charge < -0.3 is 9.73 Å². The molecule has 2 aromatic heterocycles. The van der Waals surface area contributed by atoms with E-state index < -0.39 is 0 Å². The molecule has 2 rings (SSSR count). The van der Waals surface area contributed by atoms with Gasteiger partial charge in [0.2, 0.25) is 0 Å². The van der Waals surface area contributed by atoms with Crippen LogP contribution in [-0.4, -0.2) is 12.0 Å². The Balaban J connectivity index is 1.81. The monoisotopic (exact) mass is 234 g/mol. The number of hydrogen-bond donors (Lipinski definition) is 1. The summed E-state index contributed by atoms with van der Waals surface area (Å²) in [5, 5.41) is 3.00. The summed E-state index contributed by atoms with van der Waals surface area (Å²) < 4.78 is 5.26. The van der Waals surface area contributed by atoms with Gasteiger partial charge in [0.05, 0.1) is 12.0 Å². The second-order valence-corrected chi connectivity index (χ2v) is 4.36. The maximum Gasteiger partial charge on any atom is 0.125 e. The summed E-state index contributed by atoms with van der Waals surface area (Å²) in [6.07, 6.45) is 3.61. The van der Waals surface area contributed by atoms with Crippen molar-refractivity contribution in [1.29, 1.82) is 0 Å². The number of thioether (sulfide) groups is 1. The highest BCUT2D eigenvalue weighted by Crippen LogP contribution is 2.18. The zero-order valence-corrected chi connectivity index (χ0v) is 9.96. The van der Waals surface area contributed by atoms with Gasteiger partial charge in [-0.15, -0.1) is 11.8 Å². The van der Waals surface area contributed by atoms with E-state index in [4.69, 9.17) is 4.42 Å². The van der Waals surface area contributed by atoms with E-state index >= 15 is 0 Å². The summed E-state index contributed by atoms with van der Waals surface area (Å²) >= 11 is 1.82. The minimum Gasteiger partial charge on any atom is -0.468 e. The molecular weight excluding hydrogens is 220 g/mol. The Bertz CT molecular complexity index is 411. The van der Waals surface area contributed by atoms with E-state index in [1.807, 2.05) is 43.2 Å². The number of anilines is 1. The SMILES string of the molecule is CNc1ccc(CSCc2ccco2)cn1. The molecule has 0 saturated carbocycles. The van der Waals surface area contributed by atoms with Crippen LogP contribution in [0.3, 0.4) is 0 Å². The molecule has 3 nitrogen and oxygen atoms in total. The smallest absolute Gasteiger partial charge is 0.125 e. The average molecular weight is 234 g/mol. The zero-order chi connectivity index (χ0) is 11.2. The molecule has 2 heterocycles. The number of hydrogen-bond acceptors (Lipinski definition) is 4. The van der Waals surface area contributed by atoms with Crippen LogP contribution in [0.1, 0.15) is 11.3 Å².